The second-order valence-corrected chi connectivity index (χ2v) is 8.79. The summed E-state index contributed by atoms with van der Waals surface area (Å²) in [6.45, 7) is 2.33. The lowest BCUT2D eigenvalue weighted by atomic mass is 10.3. The van der Waals surface area contributed by atoms with Crippen LogP contribution < -0.4 is 5.32 Å². The molecule has 2 aromatic rings. The standard InChI is InChI=1S/C17H21NO4S2/c1-13-8-9-16(23-13)15(22-2)12-18-17(19)10-11-24(20,21)14-6-4-3-5-7-14/h3-9,15H,10-12H2,1-2H3,(H,18,19)/t15-/m0/s1. The summed E-state index contributed by atoms with van der Waals surface area (Å²) in [6.07, 6.45) is -0.296. The van der Waals surface area contributed by atoms with E-state index in [4.69, 9.17) is 4.74 Å². The quantitative estimate of drug-likeness (QED) is 0.779. The van der Waals surface area contributed by atoms with Crippen LogP contribution in [-0.2, 0) is 19.4 Å². The summed E-state index contributed by atoms with van der Waals surface area (Å²) in [5.41, 5.74) is 0. The average Bonchev–Trinajstić information content (AvgIpc) is 3.01. The summed E-state index contributed by atoms with van der Waals surface area (Å²) in [6, 6.07) is 12.1. The first-order valence-corrected chi connectivity index (χ1v) is 10.0. The molecule has 0 radical (unpaired) electrons. The first-order chi connectivity index (χ1) is 11.4. The molecule has 0 spiro atoms. The van der Waals surface area contributed by atoms with Crippen LogP contribution in [0.3, 0.4) is 0 Å². The molecular weight excluding hydrogens is 346 g/mol. The minimum absolute atomic E-state index is 0.0723. The summed E-state index contributed by atoms with van der Waals surface area (Å²) < 4.78 is 29.7. The van der Waals surface area contributed by atoms with E-state index in [-0.39, 0.29) is 29.1 Å². The van der Waals surface area contributed by atoms with E-state index in [0.29, 0.717) is 6.54 Å². The van der Waals surface area contributed by atoms with Gasteiger partial charge in [0.25, 0.3) is 0 Å². The Bertz CT molecular complexity index is 769. The van der Waals surface area contributed by atoms with Crippen LogP contribution >= 0.6 is 11.3 Å². The Morgan fingerprint density at radius 2 is 1.92 bits per heavy atom. The van der Waals surface area contributed by atoms with Gasteiger partial charge in [-0.25, -0.2) is 8.42 Å². The van der Waals surface area contributed by atoms with Gasteiger partial charge in [0.05, 0.1) is 10.6 Å². The predicted octanol–water partition coefficient (Wildman–Crippen LogP) is 2.72. The number of nitrogens with one attached hydrogen (secondary N) is 1. The van der Waals surface area contributed by atoms with Crippen LogP contribution in [0.5, 0.6) is 0 Å². The van der Waals surface area contributed by atoms with Crippen LogP contribution in [0.4, 0.5) is 0 Å². The Morgan fingerprint density at radius 3 is 2.50 bits per heavy atom. The average molecular weight is 367 g/mol. The van der Waals surface area contributed by atoms with E-state index in [1.165, 1.54) is 17.0 Å². The van der Waals surface area contributed by atoms with Crippen molar-refractivity contribution >= 4 is 27.1 Å². The van der Waals surface area contributed by atoms with E-state index >= 15 is 0 Å². The number of hydrogen-bond acceptors (Lipinski definition) is 5. The summed E-state index contributed by atoms with van der Waals surface area (Å²) >= 11 is 1.61. The molecular formula is C17H21NO4S2. The third-order valence-electron chi connectivity index (χ3n) is 3.55. The molecule has 130 valence electrons. The number of benzene rings is 1. The minimum Gasteiger partial charge on any atom is -0.374 e. The largest absolute Gasteiger partial charge is 0.374 e. The smallest absolute Gasteiger partial charge is 0.221 e. The molecule has 0 saturated heterocycles. The third kappa shape index (κ3) is 5.15. The Labute approximate surface area is 146 Å². The van der Waals surface area contributed by atoms with Gasteiger partial charge < -0.3 is 10.1 Å². The number of carbonyl (C=O) groups is 1. The number of methoxy groups -OCH3 is 1. The number of ether oxygens (including phenoxy) is 1. The van der Waals surface area contributed by atoms with Crippen molar-refractivity contribution in [2.45, 2.75) is 24.3 Å². The first-order valence-electron chi connectivity index (χ1n) is 7.56. The van der Waals surface area contributed by atoms with Gasteiger partial charge in [-0.1, -0.05) is 18.2 Å². The van der Waals surface area contributed by atoms with Gasteiger partial charge in [-0.3, -0.25) is 4.79 Å². The van der Waals surface area contributed by atoms with Crippen molar-refractivity contribution in [2.75, 3.05) is 19.4 Å². The molecule has 0 aliphatic heterocycles. The van der Waals surface area contributed by atoms with Gasteiger partial charge >= 0.3 is 0 Å². The monoisotopic (exact) mass is 367 g/mol. The fourth-order valence-corrected chi connectivity index (χ4v) is 4.41. The van der Waals surface area contributed by atoms with Crippen molar-refractivity contribution in [1.82, 2.24) is 5.32 Å². The van der Waals surface area contributed by atoms with E-state index in [1.807, 2.05) is 19.1 Å². The van der Waals surface area contributed by atoms with E-state index < -0.39 is 9.84 Å². The van der Waals surface area contributed by atoms with Crippen molar-refractivity contribution < 1.29 is 17.9 Å². The minimum atomic E-state index is -3.44. The molecule has 1 amide bonds. The fraction of sp³-hybridized carbons (Fsp3) is 0.353. The van der Waals surface area contributed by atoms with Crippen LogP contribution in [-0.4, -0.2) is 33.7 Å². The number of hydrogen-bond donors (Lipinski definition) is 1. The molecule has 24 heavy (non-hydrogen) atoms. The SMILES string of the molecule is CO[C@@H](CNC(=O)CCS(=O)(=O)c1ccccc1)c1ccc(C)s1. The van der Waals surface area contributed by atoms with Gasteiger partial charge in [-0.2, -0.15) is 0 Å². The first kappa shape index (κ1) is 18.6. The fourth-order valence-electron chi connectivity index (χ4n) is 2.19. The number of aryl methyl sites for hydroxylation is 1. The van der Waals surface area contributed by atoms with E-state index in [2.05, 4.69) is 5.32 Å². The molecule has 1 N–H and O–H groups in total. The second kappa shape index (κ2) is 8.41. The zero-order valence-electron chi connectivity index (χ0n) is 13.7. The molecule has 1 aromatic carbocycles. The molecule has 0 aliphatic carbocycles. The molecule has 5 nitrogen and oxygen atoms in total. The van der Waals surface area contributed by atoms with Crippen LogP contribution in [0.2, 0.25) is 0 Å². The lowest BCUT2D eigenvalue weighted by molar-refractivity contribution is -0.121. The van der Waals surface area contributed by atoms with Gasteiger partial charge in [-0.15, -0.1) is 11.3 Å². The molecule has 7 heteroatoms. The zero-order valence-corrected chi connectivity index (χ0v) is 15.3. The molecule has 0 fully saturated rings. The predicted molar refractivity (Wildman–Crippen MR) is 94.9 cm³/mol. The van der Waals surface area contributed by atoms with E-state index in [9.17, 15) is 13.2 Å². The Morgan fingerprint density at radius 1 is 1.21 bits per heavy atom. The summed E-state index contributed by atoms with van der Waals surface area (Å²) in [5.74, 6) is -0.511. The van der Waals surface area contributed by atoms with Gasteiger partial charge in [-0.05, 0) is 31.2 Å². The highest BCUT2D eigenvalue weighted by molar-refractivity contribution is 7.91. The van der Waals surface area contributed by atoms with Crippen molar-refractivity contribution in [2.24, 2.45) is 0 Å². The number of thiophene rings is 1. The van der Waals surface area contributed by atoms with Crippen molar-refractivity contribution in [3.05, 3.63) is 52.2 Å². The molecule has 1 atom stereocenters. The highest BCUT2D eigenvalue weighted by Crippen LogP contribution is 2.24. The number of amides is 1. The van der Waals surface area contributed by atoms with Crippen LogP contribution in [0.1, 0.15) is 22.3 Å². The normalized spacial score (nSPS) is 12.8. The van der Waals surface area contributed by atoms with Crippen molar-refractivity contribution in [1.29, 1.82) is 0 Å². The molecule has 0 unspecified atom stereocenters. The van der Waals surface area contributed by atoms with E-state index in [1.54, 1.807) is 36.6 Å². The summed E-state index contributed by atoms with van der Waals surface area (Å²) in [7, 11) is -1.85. The molecule has 0 bridgehead atoms. The van der Waals surface area contributed by atoms with E-state index in [0.717, 1.165) is 4.88 Å². The number of carbonyl (C=O) groups excluding carboxylic acids is 1. The lowest BCUT2D eigenvalue weighted by Crippen LogP contribution is -2.30. The summed E-state index contributed by atoms with van der Waals surface area (Å²) in [5, 5.41) is 2.74. The molecule has 2 rings (SSSR count). The molecule has 0 saturated carbocycles. The van der Waals surface area contributed by atoms with Gasteiger partial charge in [0.15, 0.2) is 9.84 Å². The van der Waals surface area contributed by atoms with Crippen LogP contribution in [0.15, 0.2) is 47.4 Å². The van der Waals surface area contributed by atoms with Crippen molar-refractivity contribution in [3.8, 4) is 0 Å². The maximum Gasteiger partial charge on any atom is 0.221 e. The topological polar surface area (TPSA) is 72.5 Å². The molecule has 0 aliphatic rings. The van der Waals surface area contributed by atoms with Crippen molar-refractivity contribution in [3.63, 3.8) is 0 Å². The molecule has 1 heterocycles. The summed E-state index contributed by atoms with van der Waals surface area (Å²) in [4.78, 5) is 14.4. The highest BCUT2D eigenvalue weighted by Gasteiger charge is 2.18. The van der Waals surface area contributed by atoms with Crippen LogP contribution in [0.25, 0.3) is 0 Å². The third-order valence-corrected chi connectivity index (χ3v) is 6.37. The Kier molecular flexibility index (Phi) is 6.53. The lowest BCUT2D eigenvalue weighted by Gasteiger charge is -2.14. The maximum absolute atomic E-state index is 12.2. The van der Waals surface area contributed by atoms with Gasteiger partial charge in [0.1, 0.15) is 6.10 Å². The van der Waals surface area contributed by atoms with Gasteiger partial charge in [0.2, 0.25) is 5.91 Å². The van der Waals surface area contributed by atoms with Crippen LogP contribution in [0, 0.1) is 6.92 Å². The Hall–Kier alpha value is -1.70. The number of sulfone groups is 1. The highest BCUT2D eigenvalue weighted by atomic mass is 32.2. The Balaban J connectivity index is 1.85. The second-order valence-electron chi connectivity index (χ2n) is 5.36. The molecule has 1 aromatic heterocycles. The number of rotatable bonds is 8. The maximum atomic E-state index is 12.2. The van der Waals surface area contributed by atoms with Gasteiger partial charge in [0, 0.05) is 29.8 Å². The zero-order chi connectivity index (χ0) is 17.6.